The summed E-state index contributed by atoms with van der Waals surface area (Å²) < 4.78 is 51.8. The molecule has 2 N–H and O–H groups in total. The highest BCUT2D eigenvalue weighted by molar-refractivity contribution is 5.83. The van der Waals surface area contributed by atoms with Gasteiger partial charge in [0.15, 0.2) is 6.29 Å². The first-order valence-electron chi connectivity index (χ1n) is 19.0. The molecule has 1 aromatic rings. The van der Waals surface area contributed by atoms with Crippen molar-refractivity contribution in [1.29, 1.82) is 0 Å². The number of Topliss-reactive ketones (excluding diaryl/α,β-unsaturated/α-hetero) is 1. The maximum atomic E-state index is 14.1. The number of rotatable bonds is 11. The molecule has 0 spiro atoms. The largest absolute Gasteiger partial charge is 0.461 e. The smallest absolute Gasteiger partial charge is 0.312 e. The molecule has 2 fully saturated rings. The number of hydrogen-bond donors (Lipinski definition) is 2. The Balaban J connectivity index is 2.22. The standard InChI is InChI=1S/C41H64FNO11/c1-13-18-43(10)30-19-24(4)51-39(35(30)49-11)54-37-26(6)34(53-32(44)21-28-16-15-17-29(42)20-28)27(7)38(47)52-31(14-2)41(9,48)36(46)25(5)33(45)23(3)22-40(37,8)50-12/h13,15-17,20,23-27,30-31,34-37,39,46,48H,1,14,18-19,21-22H2,2-12H3/t23-,24+,25-,26+,27-,30-,31-,34+,35+,36-,37-,39?,40-,41-/m1/s1. The van der Waals surface area contributed by atoms with Crippen LogP contribution in [0.3, 0.4) is 0 Å². The van der Waals surface area contributed by atoms with Crippen LogP contribution in [-0.2, 0) is 49.2 Å². The number of aliphatic hydroxyl groups is 2. The van der Waals surface area contributed by atoms with E-state index < -0.39 is 89.4 Å². The Hall–Kier alpha value is -2.78. The van der Waals surface area contributed by atoms with Gasteiger partial charge in [-0.1, -0.05) is 45.9 Å². The first-order chi connectivity index (χ1) is 25.3. The SMILES string of the molecule is C=CCN(C)[C@@H]1C[C@H](C)OC(O[C@@H]2[C@@H](C)[C@H](OC(=O)Cc3cccc(F)c3)[C@@H](C)C(=O)O[C@H](CC)[C@@](C)(O)[C@H](O)[C@H](C)C(=O)[C@H](C)C[C@@]2(C)OC)[C@H]1OC. The number of ketones is 1. The van der Waals surface area contributed by atoms with Crippen molar-refractivity contribution in [2.24, 2.45) is 23.7 Å². The fourth-order valence-electron chi connectivity index (χ4n) is 8.30. The Labute approximate surface area is 320 Å². The van der Waals surface area contributed by atoms with Gasteiger partial charge in [0.2, 0.25) is 0 Å². The number of esters is 2. The molecule has 54 heavy (non-hydrogen) atoms. The van der Waals surface area contributed by atoms with Gasteiger partial charge in [-0.3, -0.25) is 19.3 Å². The summed E-state index contributed by atoms with van der Waals surface area (Å²) in [6, 6.07) is 5.44. The number of cyclic esters (lactones) is 1. The number of hydrogen-bond acceptors (Lipinski definition) is 12. The van der Waals surface area contributed by atoms with Crippen molar-refractivity contribution in [3.8, 4) is 0 Å². The lowest BCUT2D eigenvalue weighted by Crippen LogP contribution is -2.61. The van der Waals surface area contributed by atoms with Gasteiger partial charge in [-0.2, -0.15) is 0 Å². The number of carbonyl (C=O) groups is 3. The normalized spacial score (nSPS) is 38.7. The Kier molecular flexibility index (Phi) is 16.4. The lowest BCUT2D eigenvalue weighted by molar-refractivity contribution is -0.305. The van der Waals surface area contributed by atoms with Gasteiger partial charge in [0.25, 0.3) is 0 Å². The first-order valence-corrected chi connectivity index (χ1v) is 19.0. The van der Waals surface area contributed by atoms with Crippen LogP contribution in [0, 0.1) is 29.5 Å². The summed E-state index contributed by atoms with van der Waals surface area (Å²) in [6.45, 7) is 17.8. The summed E-state index contributed by atoms with van der Waals surface area (Å²) in [5.41, 5.74) is -2.93. The molecule has 306 valence electrons. The summed E-state index contributed by atoms with van der Waals surface area (Å²) >= 11 is 0. The second-order valence-corrected chi connectivity index (χ2v) is 15.8. The van der Waals surface area contributed by atoms with Crippen LogP contribution in [0.2, 0.25) is 0 Å². The topological polar surface area (TPSA) is 150 Å². The molecule has 0 aromatic heterocycles. The molecular weight excluding hydrogens is 701 g/mol. The van der Waals surface area contributed by atoms with Crippen molar-refractivity contribution in [1.82, 2.24) is 4.90 Å². The van der Waals surface area contributed by atoms with Gasteiger partial charge in [0.1, 0.15) is 35.5 Å². The van der Waals surface area contributed by atoms with Crippen LogP contribution in [-0.4, -0.2) is 121 Å². The molecular formula is C41H64FNO11. The van der Waals surface area contributed by atoms with Crippen LogP contribution < -0.4 is 0 Å². The highest BCUT2D eigenvalue weighted by Crippen LogP contribution is 2.40. The molecule has 12 nitrogen and oxygen atoms in total. The van der Waals surface area contributed by atoms with Crippen LogP contribution in [0.25, 0.3) is 0 Å². The molecule has 13 heteroatoms. The van der Waals surface area contributed by atoms with Crippen molar-refractivity contribution in [3.63, 3.8) is 0 Å². The third-order valence-corrected chi connectivity index (χ3v) is 11.6. The van der Waals surface area contributed by atoms with E-state index in [1.54, 1.807) is 53.9 Å². The van der Waals surface area contributed by atoms with Gasteiger partial charge < -0.3 is 38.6 Å². The van der Waals surface area contributed by atoms with E-state index in [9.17, 15) is 29.0 Å². The third-order valence-electron chi connectivity index (χ3n) is 11.6. The number of carbonyl (C=O) groups excluding carboxylic acids is 3. The fourth-order valence-corrected chi connectivity index (χ4v) is 8.30. The van der Waals surface area contributed by atoms with Crippen molar-refractivity contribution in [2.75, 3.05) is 27.8 Å². The van der Waals surface area contributed by atoms with E-state index in [1.807, 2.05) is 14.0 Å². The van der Waals surface area contributed by atoms with Crippen LogP contribution in [0.1, 0.15) is 80.2 Å². The number of ether oxygens (including phenoxy) is 6. The van der Waals surface area contributed by atoms with Crippen LogP contribution in [0.15, 0.2) is 36.9 Å². The zero-order valence-electron chi connectivity index (χ0n) is 34.0. The van der Waals surface area contributed by atoms with Gasteiger partial charge >= 0.3 is 11.9 Å². The molecule has 1 unspecified atom stereocenters. The Morgan fingerprint density at radius 1 is 1.11 bits per heavy atom. The van der Waals surface area contributed by atoms with Gasteiger partial charge in [-0.25, -0.2) is 4.39 Å². The molecule has 0 saturated carbocycles. The Bertz CT molecular complexity index is 1420. The van der Waals surface area contributed by atoms with Crippen LogP contribution in [0.4, 0.5) is 4.39 Å². The molecule has 0 amide bonds. The molecule has 3 rings (SSSR count). The zero-order valence-corrected chi connectivity index (χ0v) is 34.0. The number of methoxy groups -OCH3 is 2. The summed E-state index contributed by atoms with van der Waals surface area (Å²) in [6.07, 6.45) is -4.50. The average molecular weight is 766 g/mol. The molecule has 0 aliphatic carbocycles. The highest BCUT2D eigenvalue weighted by Gasteiger charge is 2.53. The van der Waals surface area contributed by atoms with Gasteiger partial charge in [-0.05, 0) is 71.7 Å². The summed E-state index contributed by atoms with van der Waals surface area (Å²) in [5, 5.41) is 23.0. The minimum atomic E-state index is -2.01. The molecule has 2 aliphatic heterocycles. The van der Waals surface area contributed by atoms with Crippen molar-refractivity contribution < 1.29 is 57.4 Å². The molecule has 14 atom stereocenters. The second kappa shape index (κ2) is 19.4. The number of halogens is 1. The Morgan fingerprint density at radius 2 is 1.78 bits per heavy atom. The number of benzene rings is 1. The van der Waals surface area contributed by atoms with Crippen molar-refractivity contribution in [2.45, 2.75) is 141 Å². The molecule has 0 bridgehead atoms. The summed E-state index contributed by atoms with van der Waals surface area (Å²) in [4.78, 5) is 43.9. The van der Waals surface area contributed by atoms with Gasteiger partial charge in [0, 0.05) is 44.6 Å². The highest BCUT2D eigenvalue weighted by atomic mass is 19.1. The zero-order chi connectivity index (χ0) is 40.7. The molecule has 0 radical (unpaired) electrons. The number of aliphatic hydroxyl groups excluding tert-OH is 1. The first kappa shape index (κ1) is 45.6. The molecule has 2 aliphatic rings. The number of likely N-dealkylation sites (N-methyl/N-ethyl adjacent to an activating group) is 1. The van der Waals surface area contributed by atoms with E-state index >= 15 is 0 Å². The predicted molar refractivity (Wildman–Crippen MR) is 200 cm³/mol. The fraction of sp³-hybridized carbons (Fsp3) is 0.732. The molecule has 2 heterocycles. The van der Waals surface area contributed by atoms with Crippen LogP contribution in [0.5, 0.6) is 0 Å². The third kappa shape index (κ3) is 10.5. The Morgan fingerprint density at radius 3 is 2.35 bits per heavy atom. The van der Waals surface area contributed by atoms with Gasteiger partial charge in [-0.15, -0.1) is 6.58 Å². The van der Waals surface area contributed by atoms with E-state index in [0.29, 0.717) is 18.5 Å². The summed E-state index contributed by atoms with van der Waals surface area (Å²) in [5.74, 6) is -6.13. The van der Waals surface area contributed by atoms with Crippen molar-refractivity contribution >= 4 is 17.7 Å². The van der Waals surface area contributed by atoms with E-state index in [0.717, 1.165) is 0 Å². The van der Waals surface area contributed by atoms with E-state index in [2.05, 4.69) is 11.5 Å². The maximum Gasteiger partial charge on any atom is 0.312 e. The van der Waals surface area contributed by atoms with Crippen molar-refractivity contribution in [3.05, 3.63) is 48.3 Å². The lowest BCUT2D eigenvalue weighted by Gasteiger charge is -2.49. The average Bonchev–Trinajstić information content (AvgIpc) is 3.12. The van der Waals surface area contributed by atoms with E-state index in [1.165, 1.54) is 39.2 Å². The van der Waals surface area contributed by atoms with E-state index in [4.69, 9.17) is 28.4 Å². The summed E-state index contributed by atoms with van der Waals surface area (Å²) in [7, 11) is 5.02. The predicted octanol–water partition coefficient (Wildman–Crippen LogP) is 4.66. The lowest BCUT2D eigenvalue weighted by atomic mass is 9.74. The monoisotopic (exact) mass is 765 g/mol. The van der Waals surface area contributed by atoms with Crippen LogP contribution >= 0.6 is 0 Å². The number of nitrogens with zero attached hydrogens (tertiary/aromatic N) is 1. The molecule has 1 aromatic carbocycles. The maximum absolute atomic E-state index is 14.1. The minimum absolute atomic E-state index is 0.0796. The van der Waals surface area contributed by atoms with E-state index in [-0.39, 0.29) is 37.2 Å². The molecule has 2 saturated heterocycles. The second-order valence-electron chi connectivity index (χ2n) is 15.8. The van der Waals surface area contributed by atoms with Gasteiger partial charge in [0.05, 0.1) is 36.3 Å². The minimum Gasteiger partial charge on any atom is -0.461 e. The quantitative estimate of drug-likeness (QED) is 0.238.